The summed E-state index contributed by atoms with van der Waals surface area (Å²) in [6, 6.07) is 16.6. The highest BCUT2D eigenvalue weighted by molar-refractivity contribution is 5.68. The average Bonchev–Trinajstić information content (AvgIpc) is 3.10. The molecule has 1 heteroatoms. The smallest absolute Gasteiger partial charge is 0.0899 e. The largest absolute Gasteiger partial charge is 0.385 e. The number of hydrogen-bond acceptors (Lipinski definition) is 1. The molecule has 0 atom stereocenters. The van der Waals surface area contributed by atoms with Crippen LogP contribution in [0, 0.1) is 6.92 Å². The maximum absolute atomic E-state index is 10.2. The Balaban J connectivity index is 2.10. The first kappa shape index (κ1) is 10.5. The highest BCUT2D eigenvalue weighted by atomic mass is 16.3. The van der Waals surface area contributed by atoms with Crippen LogP contribution in [0.25, 0.3) is 11.1 Å². The monoisotopic (exact) mass is 224 g/mol. The highest BCUT2D eigenvalue weighted by Crippen LogP contribution is 2.46. The SMILES string of the molecule is Cc1ccc(C2(O)CC2)cc1-c1ccccc1. The van der Waals surface area contributed by atoms with E-state index in [1.807, 2.05) is 18.2 Å². The summed E-state index contributed by atoms with van der Waals surface area (Å²) in [5.74, 6) is 0. The zero-order chi connectivity index (χ0) is 11.9. The third-order valence-corrected chi connectivity index (χ3v) is 3.58. The first-order valence-electron chi connectivity index (χ1n) is 6.08. The van der Waals surface area contributed by atoms with E-state index in [1.165, 1.54) is 16.7 Å². The number of aliphatic hydroxyl groups is 1. The van der Waals surface area contributed by atoms with Crippen LogP contribution in [-0.2, 0) is 5.60 Å². The lowest BCUT2D eigenvalue weighted by Crippen LogP contribution is -2.04. The van der Waals surface area contributed by atoms with E-state index in [0.29, 0.717) is 0 Å². The van der Waals surface area contributed by atoms with Crippen molar-refractivity contribution in [2.24, 2.45) is 0 Å². The number of hydrogen-bond donors (Lipinski definition) is 1. The van der Waals surface area contributed by atoms with E-state index in [2.05, 4.69) is 37.3 Å². The highest BCUT2D eigenvalue weighted by Gasteiger charge is 2.42. The normalized spacial score (nSPS) is 16.8. The van der Waals surface area contributed by atoms with Crippen LogP contribution in [0.5, 0.6) is 0 Å². The quantitative estimate of drug-likeness (QED) is 0.825. The number of aryl methyl sites for hydroxylation is 1. The van der Waals surface area contributed by atoms with E-state index < -0.39 is 5.60 Å². The van der Waals surface area contributed by atoms with Gasteiger partial charge in [-0.3, -0.25) is 0 Å². The van der Waals surface area contributed by atoms with Crippen molar-refractivity contribution in [3.8, 4) is 11.1 Å². The molecule has 0 radical (unpaired) electrons. The molecule has 1 N–H and O–H groups in total. The molecule has 0 aliphatic heterocycles. The van der Waals surface area contributed by atoms with Crippen LogP contribution in [0.1, 0.15) is 24.0 Å². The van der Waals surface area contributed by atoms with Gasteiger partial charge < -0.3 is 5.11 Å². The van der Waals surface area contributed by atoms with Crippen molar-refractivity contribution < 1.29 is 5.11 Å². The van der Waals surface area contributed by atoms with E-state index in [9.17, 15) is 5.11 Å². The van der Waals surface area contributed by atoms with Gasteiger partial charge in [0, 0.05) is 0 Å². The molecule has 2 aromatic carbocycles. The zero-order valence-corrected chi connectivity index (χ0v) is 9.98. The lowest BCUT2D eigenvalue weighted by Gasteiger charge is -2.12. The lowest BCUT2D eigenvalue weighted by atomic mass is 9.95. The van der Waals surface area contributed by atoms with Crippen molar-refractivity contribution in [1.29, 1.82) is 0 Å². The molecule has 1 saturated carbocycles. The standard InChI is InChI=1S/C16H16O/c1-12-7-8-14(16(17)9-10-16)11-15(12)13-5-3-2-4-6-13/h2-8,11,17H,9-10H2,1H3. The van der Waals surface area contributed by atoms with Crippen LogP contribution in [0.3, 0.4) is 0 Å². The lowest BCUT2D eigenvalue weighted by molar-refractivity contribution is 0.151. The van der Waals surface area contributed by atoms with Gasteiger partial charge in [-0.1, -0.05) is 42.5 Å². The van der Waals surface area contributed by atoms with Crippen LogP contribution in [0.4, 0.5) is 0 Å². The Kier molecular flexibility index (Phi) is 2.30. The van der Waals surface area contributed by atoms with Gasteiger partial charge in [0.25, 0.3) is 0 Å². The molecule has 2 aromatic rings. The molecule has 1 nitrogen and oxygen atoms in total. The molecule has 0 bridgehead atoms. The predicted octanol–water partition coefficient (Wildman–Crippen LogP) is 3.64. The van der Waals surface area contributed by atoms with Crippen molar-refractivity contribution in [3.05, 3.63) is 59.7 Å². The zero-order valence-electron chi connectivity index (χ0n) is 9.98. The Hall–Kier alpha value is -1.60. The van der Waals surface area contributed by atoms with Gasteiger partial charge in [-0.05, 0) is 48.1 Å². The summed E-state index contributed by atoms with van der Waals surface area (Å²) in [6.07, 6.45) is 1.79. The molecular formula is C16H16O. The van der Waals surface area contributed by atoms with Crippen LogP contribution in [-0.4, -0.2) is 5.11 Å². The van der Waals surface area contributed by atoms with Crippen molar-refractivity contribution in [2.45, 2.75) is 25.4 Å². The van der Waals surface area contributed by atoms with Gasteiger partial charge >= 0.3 is 0 Å². The van der Waals surface area contributed by atoms with Crippen LogP contribution >= 0.6 is 0 Å². The van der Waals surface area contributed by atoms with Gasteiger partial charge in [-0.25, -0.2) is 0 Å². The van der Waals surface area contributed by atoms with Gasteiger partial charge in [-0.15, -0.1) is 0 Å². The summed E-state index contributed by atoms with van der Waals surface area (Å²) < 4.78 is 0. The third-order valence-electron chi connectivity index (χ3n) is 3.58. The minimum absolute atomic E-state index is 0.544. The molecule has 1 aliphatic carbocycles. The Morgan fingerprint density at radius 2 is 1.71 bits per heavy atom. The van der Waals surface area contributed by atoms with E-state index in [-0.39, 0.29) is 0 Å². The third kappa shape index (κ3) is 1.87. The van der Waals surface area contributed by atoms with Crippen molar-refractivity contribution in [2.75, 3.05) is 0 Å². The molecule has 1 fully saturated rings. The minimum Gasteiger partial charge on any atom is -0.385 e. The second kappa shape index (κ2) is 3.71. The van der Waals surface area contributed by atoms with E-state index in [4.69, 9.17) is 0 Å². The van der Waals surface area contributed by atoms with Gasteiger partial charge in [0.1, 0.15) is 0 Å². The summed E-state index contributed by atoms with van der Waals surface area (Å²) in [6.45, 7) is 2.11. The first-order valence-corrected chi connectivity index (χ1v) is 6.08. The Labute approximate surface area is 102 Å². The molecular weight excluding hydrogens is 208 g/mol. The summed E-state index contributed by atoms with van der Waals surface area (Å²) in [5.41, 5.74) is 4.21. The number of benzene rings is 2. The summed E-state index contributed by atoms with van der Waals surface area (Å²) in [4.78, 5) is 0. The second-order valence-electron chi connectivity index (χ2n) is 4.93. The fourth-order valence-electron chi connectivity index (χ4n) is 2.25. The Bertz CT molecular complexity index is 539. The topological polar surface area (TPSA) is 20.2 Å². The summed E-state index contributed by atoms with van der Waals surface area (Å²) in [5, 5.41) is 10.2. The fraction of sp³-hybridized carbons (Fsp3) is 0.250. The second-order valence-corrected chi connectivity index (χ2v) is 4.93. The maximum atomic E-state index is 10.2. The van der Waals surface area contributed by atoms with E-state index in [0.717, 1.165) is 18.4 Å². The van der Waals surface area contributed by atoms with Crippen molar-refractivity contribution in [1.82, 2.24) is 0 Å². The molecule has 3 rings (SSSR count). The Morgan fingerprint density at radius 1 is 1.00 bits per heavy atom. The Morgan fingerprint density at radius 3 is 2.35 bits per heavy atom. The maximum Gasteiger partial charge on any atom is 0.0899 e. The molecule has 1 aliphatic rings. The minimum atomic E-state index is -0.544. The molecule has 0 aromatic heterocycles. The molecule has 0 spiro atoms. The number of rotatable bonds is 2. The first-order chi connectivity index (χ1) is 8.19. The van der Waals surface area contributed by atoms with Crippen molar-refractivity contribution in [3.63, 3.8) is 0 Å². The molecule has 0 unspecified atom stereocenters. The molecule has 0 saturated heterocycles. The van der Waals surface area contributed by atoms with Crippen molar-refractivity contribution >= 4 is 0 Å². The molecule has 86 valence electrons. The van der Waals surface area contributed by atoms with E-state index >= 15 is 0 Å². The molecule has 17 heavy (non-hydrogen) atoms. The van der Waals surface area contributed by atoms with Gasteiger partial charge in [0.05, 0.1) is 5.60 Å². The molecule has 0 amide bonds. The predicted molar refractivity (Wildman–Crippen MR) is 69.7 cm³/mol. The van der Waals surface area contributed by atoms with Crippen LogP contribution in [0.15, 0.2) is 48.5 Å². The van der Waals surface area contributed by atoms with Gasteiger partial charge in [0.2, 0.25) is 0 Å². The van der Waals surface area contributed by atoms with Gasteiger partial charge in [0.15, 0.2) is 0 Å². The van der Waals surface area contributed by atoms with Crippen LogP contribution in [0.2, 0.25) is 0 Å². The summed E-state index contributed by atoms with van der Waals surface area (Å²) in [7, 11) is 0. The van der Waals surface area contributed by atoms with Gasteiger partial charge in [-0.2, -0.15) is 0 Å². The average molecular weight is 224 g/mol. The van der Waals surface area contributed by atoms with Crippen LogP contribution < -0.4 is 0 Å². The summed E-state index contributed by atoms with van der Waals surface area (Å²) >= 11 is 0. The van der Waals surface area contributed by atoms with E-state index in [1.54, 1.807) is 0 Å². The molecule has 0 heterocycles. The fourth-order valence-corrected chi connectivity index (χ4v) is 2.25.